The number of likely N-dealkylation sites (N-methyl/N-ethyl adjacent to an activating group) is 2. The Morgan fingerprint density at radius 1 is 1.19 bits per heavy atom. The van der Waals surface area contributed by atoms with Crippen molar-refractivity contribution in [1.82, 2.24) is 34.6 Å². The Morgan fingerprint density at radius 2 is 1.94 bits per heavy atom. The van der Waals surface area contributed by atoms with Gasteiger partial charge in [0, 0.05) is 36.5 Å². The molecule has 1 amide bonds. The van der Waals surface area contributed by atoms with E-state index >= 15 is 0 Å². The SMILES string of the molecule is CCN1CC[C@H]1C(=O)N(C)[C@@H](C)c1ccc(-c2n[nH]c(-c3cc(C)c4ncnn4c3)c2C(C)C)cc1. The molecule has 188 valence electrons. The number of likely N-dealkylation sites (tertiary alicyclic amines) is 1. The molecule has 0 bridgehead atoms. The fourth-order valence-corrected chi connectivity index (χ4v) is 5.25. The Balaban J connectivity index is 1.42. The van der Waals surface area contributed by atoms with E-state index in [9.17, 15) is 4.79 Å². The van der Waals surface area contributed by atoms with E-state index in [1.165, 1.54) is 5.56 Å². The number of amides is 1. The van der Waals surface area contributed by atoms with E-state index in [4.69, 9.17) is 5.10 Å². The largest absolute Gasteiger partial charge is 0.338 e. The van der Waals surface area contributed by atoms with E-state index in [1.807, 2.05) is 29.6 Å². The fraction of sp³-hybridized carbons (Fsp3) is 0.429. The van der Waals surface area contributed by atoms with E-state index < -0.39 is 0 Å². The van der Waals surface area contributed by atoms with Crippen molar-refractivity contribution in [2.75, 3.05) is 20.1 Å². The lowest BCUT2D eigenvalue weighted by molar-refractivity contribution is -0.142. The molecule has 0 unspecified atom stereocenters. The zero-order valence-electron chi connectivity index (χ0n) is 22.0. The van der Waals surface area contributed by atoms with Crippen molar-refractivity contribution >= 4 is 11.6 Å². The minimum absolute atomic E-state index is 0.00236. The lowest BCUT2D eigenvalue weighted by atomic mass is 9.93. The molecule has 0 radical (unpaired) electrons. The summed E-state index contributed by atoms with van der Waals surface area (Å²) in [5, 5.41) is 12.4. The predicted molar refractivity (Wildman–Crippen MR) is 142 cm³/mol. The van der Waals surface area contributed by atoms with E-state index in [2.05, 4.69) is 78.1 Å². The van der Waals surface area contributed by atoms with Crippen molar-refractivity contribution in [3.05, 3.63) is 59.5 Å². The summed E-state index contributed by atoms with van der Waals surface area (Å²) >= 11 is 0. The minimum atomic E-state index is 0.00236. The number of pyridine rings is 1. The highest BCUT2D eigenvalue weighted by atomic mass is 16.2. The molecule has 0 spiro atoms. The quantitative estimate of drug-likeness (QED) is 0.405. The van der Waals surface area contributed by atoms with Gasteiger partial charge < -0.3 is 4.90 Å². The van der Waals surface area contributed by atoms with Crippen molar-refractivity contribution in [1.29, 1.82) is 0 Å². The Hall–Kier alpha value is -3.52. The van der Waals surface area contributed by atoms with Crippen molar-refractivity contribution in [2.45, 2.75) is 59.0 Å². The van der Waals surface area contributed by atoms with Gasteiger partial charge in [-0.2, -0.15) is 10.2 Å². The smallest absolute Gasteiger partial charge is 0.240 e. The molecule has 1 aromatic carbocycles. The van der Waals surface area contributed by atoms with E-state index in [0.29, 0.717) is 0 Å². The predicted octanol–water partition coefficient (Wildman–Crippen LogP) is 4.83. The highest BCUT2D eigenvalue weighted by molar-refractivity contribution is 5.83. The average Bonchev–Trinajstić information content (AvgIpc) is 3.50. The van der Waals surface area contributed by atoms with Gasteiger partial charge in [0.25, 0.3) is 0 Å². The van der Waals surface area contributed by atoms with Gasteiger partial charge in [0.05, 0.1) is 23.5 Å². The van der Waals surface area contributed by atoms with Crippen LogP contribution in [-0.4, -0.2) is 66.7 Å². The summed E-state index contributed by atoms with van der Waals surface area (Å²) < 4.78 is 1.81. The zero-order chi connectivity index (χ0) is 25.6. The second-order valence-corrected chi connectivity index (χ2v) is 10.1. The summed E-state index contributed by atoms with van der Waals surface area (Å²) in [5.74, 6) is 0.477. The summed E-state index contributed by atoms with van der Waals surface area (Å²) in [6.07, 6.45) is 4.52. The maximum Gasteiger partial charge on any atom is 0.240 e. The first-order valence-electron chi connectivity index (χ1n) is 12.8. The van der Waals surface area contributed by atoms with Crippen LogP contribution in [0.3, 0.4) is 0 Å². The van der Waals surface area contributed by atoms with Gasteiger partial charge in [-0.1, -0.05) is 45.0 Å². The van der Waals surface area contributed by atoms with Crippen molar-refractivity contribution in [2.24, 2.45) is 0 Å². The highest BCUT2D eigenvalue weighted by Crippen LogP contribution is 2.36. The summed E-state index contributed by atoms with van der Waals surface area (Å²) in [5.41, 5.74) is 8.26. The van der Waals surface area contributed by atoms with E-state index in [1.54, 1.807) is 6.33 Å². The van der Waals surface area contributed by atoms with Gasteiger partial charge in [0.15, 0.2) is 5.65 Å². The number of benzene rings is 1. The van der Waals surface area contributed by atoms with Gasteiger partial charge in [0.1, 0.15) is 6.33 Å². The summed E-state index contributed by atoms with van der Waals surface area (Å²) in [6.45, 7) is 12.6. The highest BCUT2D eigenvalue weighted by Gasteiger charge is 2.36. The van der Waals surface area contributed by atoms with Gasteiger partial charge in [-0.3, -0.25) is 14.8 Å². The third-order valence-corrected chi connectivity index (χ3v) is 7.65. The lowest BCUT2D eigenvalue weighted by Crippen LogP contribution is -2.56. The van der Waals surface area contributed by atoms with Crippen LogP contribution in [0.15, 0.2) is 42.9 Å². The zero-order valence-corrected chi connectivity index (χ0v) is 22.0. The lowest BCUT2D eigenvalue weighted by Gasteiger charge is -2.42. The molecule has 3 aromatic heterocycles. The molecule has 0 saturated carbocycles. The Labute approximate surface area is 212 Å². The number of aromatic nitrogens is 5. The third-order valence-electron chi connectivity index (χ3n) is 7.65. The maximum atomic E-state index is 13.0. The first-order chi connectivity index (χ1) is 17.3. The normalized spacial score (nSPS) is 16.9. The summed E-state index contributed by atoms with van der Waals surface area (Å²) in [7, 11) is 1.91. The molecule has 4 heterocycles. The summed E-state index contributed by atoms with van der Waals surface area (Å²) in [6, 6.07) is 10.6. The van der Waals surface area contributed by atoms with Gasteiger partial charge >= 0.3 is 0 Å². The van der Waals surface area contributed by atoms with Crippen molar-refractivity contribution in [3.63, 3.8) is 0 Å². The number of H-pyrrole nitrogens is 1. The molecule has 4 aromatic rings. The van der Waals surface area contributed by atoms with Crippen LogP contribution in [0.5, 0.6) is 0 Å². The molecular weight excluding hydrogens is 450 g/mol. The van der Waals surface area contributed by atoms with Gasteiger partial charge in [-0.25, -0.2) is 9.50 Å². The van der Waals surface area contributed by atoms with Crippen LogP contribution in [0.25, 0.3) is 28.2 Å². The molecule has 8 heteroatoms. The molecule has 5 rings (SSSR count). The van der Waals surface area contributed by atoms with E-state index in [0.717, 1.165) is 58.8 Å². The molecule has 1 saturated heterocycles. The Kier molecular flexibility index (Phi) is 6.38. The number of aryl methyl sites for hydroxylation is 1. The summed E-state index contributed by atoms with van der Waals surface area (Å²) in [4.78, 5) is 21.5. The second kappa shape index (κ2) is 9.50. The molecule has 1 aliphatic heterocycles. The number of nitrogens with one attached hydrogen (secondary N) is 1. The van der Waals surface area contributed by atoms with Crippen molar-refractivity contribution in [3.8, 4) is 22.5 Å². The van der Waals surface area contributed by atoms with Crippen LogP contribution in [0.4, 0.5) is 0 Å². The average molecular weight is 486 g/mol. The number of rotatable bonds is 7. The third kappa shape index (κ3) is 4.09. The number of carbonyl (C=O) groups is 1. The van der Waals surface area contributed by atoms with Crippen LogP contribution in [-0.2, 0) is 4.79 Å². The number of hydrogen-bond acceptors (Lipinski definition) is 5. The molecule has 8 nitrogen and oxygen atoms in total. The fourth-order valence-electron chi connectivity index (χ4n) is 5.25. The van der Waals surface area contributed by atoms with Crippen LogP contribution in [0, 0.1) is 6.92 Å². The molecule has 36 heavy (non-hydrogen) atoms. The molecule has 1 aliphatic rings. The Morgan fingerprint density at radius 3 is 2.58 bits per heavy atom. The molecule has 1 fully saturated rings. The Bertz CT molecular complexity index is 1380. The van der Waals surface area contributed by atoms with Gasteiger partial charge in [0.2, 0.25) is 5.91 Å². The number of nitrogens with zero attached hydrogens (tertiary/aromatic N) is 6. The first kappa shape index (κ1) is 24.2. The van der Waals surface area contributed by atoms with Gasteiger partial charge in [-0.15, -0.1) is 0 Å². The number of carbonyl (C=O) groups excluding carboxylic acids is 1. The van der Waals surface area contributed by atoms with Crippen LogP contribution in [0.2, 0.25) is 0 Å². The molecule has 0 aliphatic carbocycles. The van der Waals surface area contributed by atoms with E-state index in [-0.39, 0.29) is 23.9 Å². The molecular formula is C28H35N7O. The molecule has 2 atom stereocenters. The topological polar surface area (TPSA) is 82.4 Å². The van der Waals surface area contributed by atoms with Crippen molar-refractivity contribution < 1.29 is 4.79 Å². The number of hydrogen-bond donors (Lipinski definition) is 1. The standard InChI is InChI=1S/C28H35N7O/c1-7-34-13-12-23(34)28(36)33(6)19(5)20-8-10-21(11-9-20)25-24(17(2)3)26(32-31-25)22-14-18(4)27-29-16-30-35(27)15-22/h8-11,14-17,19,23H,7,12-13H2,1-6H3,(H,31,32)/t19-,23-/m0/s1. The van der Waals surface area contributed by atoms with Crippen LogP contribution >= 0.6 is 0 Å². The minimum Gasteiger partial charge on any atom is -0.338 e. The first-order valence-corrected chi connectivity index (χ1v) is 12.8. The van der Waals surface area contributed by atoms with Crippen LogP contribution < -0.4 is 0 Å². The number of fused-ring (bicyclic) bond motifs is 1. The van der Waals surface area contributed by atoms with Gasteiger partial charge in [-0.05, 0) is 49.9 Å². The van der Waals surface area contributed by atoms with Crippen LogP contribution in [0.1, 0.15) is 62.8 Å². The molecule has 1 N–H and O–H groups in total. The number of aromatic amines is 1. The second-order valence-electron chi connectivity index (χ2n) is 10.1. The monoisotopic (exact) mass is 485 g/mol. The maximum absolute atomic E-state index is 13.0.